The molecule has 2 rings (SSSR count). The van der Waals surface area contributed by atoms with Gasteiger partial charge in [0.05, 0.1) is 0 Å². The van der Waals surface area contributed by atoms with Gasteiger partial charge < -0.3 is 9.88 Å². The minimum absolute atomic E-state index is 0.323. The van der Waals surface area contributed by atoms with Crippen LogP contribution in [0.3, 0.4) is 0 Å². The number of hydrogen-bond donors (Lipinski definition) is 1. The van der Waals surface area contributed by atoms with Crippen LogP contribution < -0.4 is 5.32 Å². The van der Waals surface area contributed by atoms with Gasteiger partial charge in [0, 0.05) is 47.3 Å². The number of imidazole rings is 1. The van der Waals surface area contributed by atoms with E-state index in [0.717, 1.165) is 18.1 Å². The van der Waals surface area contributed by atoms with Crippen LogP contribution in [0.5, 0.6) is 0 Å². The first-order valence-electron chi connectivity index (χ1n) is 5.76. The molecule has 1 aromatic heterocycles. The molecule has 1 aromatic rings. The number of anilines is 1. The molecule has 1 heterocycles. The molecule has 2 unspecified atom stereocenters. The van der Waals surface area contributed by atoms with Gasteiger partial charge in [-0.1, -0.05) is 0 Å². The third-order valence-corrected chi connectivity index (χ3v) is 3.63. The SMILES string of the molecule is CC(CCS(C)=O)Nc1nccn1C1CC1. The highest BCUT2D eigenvalue weighted by Crippen LogP contribution is 2.36. The summed E-state index contributed by atoms with van der Waals surface area (Å²) in [7, 11) is -0.704. The average Bonchev–Trinajstić information content (AvgIpc) is 2.97. The smallest absolute Gasteiger partial charge is 0.203 e. The molecule has 0 aromatic carbocycles. The maximum atomic E-state index is 11.0. The summed E-state index contributed by atoms with van der Waals surface area (Å²) in [6.07, 6.45) is 9.06. The van der Waals surface area contributed by atoms with E-state index >= 15 is 0 Å². The molecule has 4 nitrogen and oxygen atoms in total. The summed E-state index contributed by atoms with van der Waals surface area (Å²) in [5.41, 5.74) is 0. The summed E-state index contributed by atoms with van der Waals surface area (Å²) in [6, 6.07) is 0.973. The lowest BCUT2D eigenvalue weighted by Crippen LogP contribution is -2.20. The van der Waals surface area contributed by atoms with E-state index < -0.39 is 10.8 Å². The third kappa shape index (κ3) is 3.07. The van der Waals surface area contributed by atoms with E-state index in [1.807, 2.05) is 12.4 Å². The molecule has 0 amide bonds. The van der Waals surface area contributed by atoms with Gasteiger partial charge in [-0.3, -0.25) is 4.21 Å². The molecule has 0 bridgehead atoms. The Labute approximate surface area is 98.9 Å². The number of nitrogens with zero attached hydrogens (tertiary/aromatic N) is 2. The Morgan fingerprint density at radius 2 is 2.44 bits per heavy atom. The van der Waals surface area contributed by atoms with Gasteiger partial charge in [0.25, 0.3) is 0 Å². The van der Waals surface area contributed by atoms with Crippen LogP contribution in [0.4, 0.5) is 5.95 Å². The summed E-state index contributed by atoms with van der Waals surface area (Å²) in [5.74, 6) is 1.70. The summed E-state index contributed by atoms with van der Waals surface area (Å²) >= 11 is 0. The van der Waals surface area contributed by atoms with E-state index in [2.05, 4.69) is 21.8 Å². The van der Waals surface area contributed by atoms with Crippen molar-refractivity contribution in [2.45, 2.75) is 38.3 Å². The molecule has 1 saturated carbocycles. The summed E-state index contributed by atoms with van der Waals surface area (Å²) in [4.78, 5) is 4.32. The van der Waals surface area contributed by atoms with Crippen molar-refractivity contribution >= 4 is 16.7 Å². The quantitative estimate of drug-likeness (QED) is 0.826. The minimum Gasteiger partial charge on any atom is -0.353 e. The third-order valence-electron chi connectivity index (χ3n) is 2.82. The number of hydrogen-bond acceptors (Lipinski definition) is 3. The first-order chi connectivity index (χ1) is 7.66. The molecule has 0 radical (unpaired) electrons. The molecular weight excluding hydrogens is 222 g/mol. The van der Waals surface area contributed by atoms with Crippen molar-refractivity contribution in [2.75, 3.05) is 17.3 Å². The number of aromatic nitrogens is 2. The normalized spacial score (nSPS) is 19.4. The van der Waals surface area contributed by atoms with Gasteiger partial charge in [-0.15, -0.1) is 0 Å². The molecule has 1 aliphatic rings. The molecular formula is C11H19N3OS. The standard InChI is InChI=1S/C11H19N3OS/c1-9(5-8-16(2)15)13-11-12-6-7-14(11)10-3-4-10/h6-7,9-10H,3-5,8H2,1-2H3,(H,12,13). The van der Waals surface area contributed by atoms with Gasteiger partial charge in [-0.25, -0.2) is 4.98 Å². The van der Waals surface area contributed by atoms with Crippen LogP contribution in [-0.2, 0) is 10.8 Å². The predicted octanol–water partition coefficient (Wildman–Crippen LogP) is 1.79. The van der Waals surface area contributed by atoms with Crippen LogP contribution in [0.1, 0.15) is 32.2 Å². The molecule has 0 saturated heterocycles. The van der Waals surface area contributed by atoms with Crippen LogP contribution in [-0.4, -0.2) is 31.8 Å². The fourth-order valence-corrected chi connectivity index (χ4v) is 2.39. The molecule has 2 atom stereocenters. The molecule has 1 fully saturated rings. The molecule has 16 heavy (non-hydrogen) atoms. The summed E-state index contributed by atoms with van der Waals surface area (Å²) in [6.45, 7) is 2.11. The van der Waals surface area contributed by atoms with Crippen molar-refractivity contribution in [3.63, 3.8) is 0 Å². The van der Waals surface area contributed by atoms with E-state index in [0.29, 0.717) is 12.1 Å². The zero-order chi connectivity index (χ0) is 11.5. The average molecular weight is 241 g/mol. The van der Waals surface area contributed by atoms with Gasteiger partial charge in [-0.05, 0) is 26.2 Å². The molecule has 1 N–H and O–H groups in total. The second kappa shape index (κ2) is 4.99. The van der Waals surface area contributed by atoms with Crippen molar-refractivity contribution < 1.29 is 4.21 Å². The second-order valence-electron chi connectivity index (χ2n) is 4.50. The van der Waals surface area contributed by atoms with Gasteiger partial charge in [-0.2, -0.15) is 0 Å². The van der Waals surface area contributed by atoms with Gasteiger partial charge >= 0.3 is 0 Å². The number of rotatable bonds is 6. The predicted molar refractivity (Wildman–Crippen MR) is 67.1 cm³/mol. The van der Waals surface area contributed by atoms with Gasteiger partial charge in [0.15, 0.2) is 0 Å². The van der Waals surface area contributed by atoms with Gasteiger partial charge in [0.2, 0.25) is 5.95 Å². The van der Waals surface area contributed by atoms with Crippen molar-refractivity contribution in [1.82, 2.24) is 9.55 Å². The molecule has 1 aliphatic carbocycles. The van der Waals surface area contributed by atoms with Crippen molar-refractivity contribution in [1.29, 1.82) is 0 Å². The second-order valence-corrected chi connectivity index (χ2v) is 6.06. The molecule has 0 spiro atoms. The Morgan fingerprint density at radius 3 is 3.06 bits per heavy atom. The van der Waals surface area contributed by atoms with Crippen LogP contribution >= 0.6 is 0 Å². The van der Waals surface area contributed by atoms with Crippen molar-refractivity contribution in [3.05, 3.63) is 12.4 Å². The maximum Gasteiger partial charge on any atom is 0.203 e. The first kappa shape index (κ1) is 11.6. The Balaban J connectivity index is 1.87. The molecule has 90 valence electrons. The molecule has 5 heteroatoms. The van der Waals surface area contributed by atoms with Crippen molar-refractivity contribution in [3.8, 4) is 0 Å². The largest absolute Gasteiger partial charge is 0.353 e. The van der Waals surface area contributed by atoms with Gasteiger partial charge in [0.1, 0.15) is 0 Å². The monoisotopic (exact) mass is 241 g/mol. The van der Waals surface area contributed by atoms with E-state index in [1.165, 1.54) is 12.8 Å². The highest BCUT2D eigenvalue weighted by atomic mass is 32.2. The van der Waals surface area contributed by atoms with Crippen LogP contribution in [0.2, 0.25) is 0 Å². The zero-order valence-electron chi connectivity index (χ0n) is 9.85. The zero-order valence-corrected chi connectivity index (χ0v) is 10.7. The maximum absolute atomic E-state index is 11.0. The fraction of sp³-hybridized carbons (Fsp3) is 0.727. The first-order valence-corrected chi connectivity index (χ1v) is 7.49. The van der Waals surface area contributed by atoms with E-state index in [1.54, 1.807) is 6.26 Å². The van der Waals surface area contributed by atoms with Crippen LogP contribution in [0, 0.1) is 0 Å². The van der Waals surface area contributed by atoms with Crippen LogP contribution in [0.25, 0.3) is 0 Å². The summed E-state index contributed by atoms with van der Waals surface area (Å²) in [5, 5.41) is 3.38. The Morgan fingerprint density at radius 1 is 1.69 bits per heavy atom. The van der Waals surface area contributed by atoms with Crippen LogP contribution in [0.15, 0.2) is 12.4 Å². The lowest BCUT2D eigenvalue weighted by Gasteiger charge is -2.15. The highest BCUT2D eigenvalue weighted by Gasteiger charge is 2.25. The highest BCUT2D eigenvalue weighted by molar-refractivity contribution is 7.84. The summed E-state index contributed by atoms with van der Waals surface area (Å²) < 4.78 is 13.2. The Bertz CT molecular complexity index is 373. The lowest BCUT2D eigenvalue weighted by molar-refractivity contribution is 0.673. The Kier molecular flexibility index (Phi) is 3.63. The van der Waals surface area contributed by atoms with Crippen molar-refractivity contribution in [2.24, 2.45) is 0 Å². The fourth-order valence-electron chi connectivity index (χ4n) is 1.71. The van der Waals surface area contributed by atoms with E-state index in [4.69, 9.17) is 0 Å². The Hall–Kier alpha value is -0.840. The van der Waals surface area contributed by atoms with E-state index in [9.17, 15) is 4.21 Å². The molecule has 0 aliphatic heterocycles. The number of nitrogens with one attached hydrogen (secondary N) is 1. The topological polar surface area (TPSA) is 46.9 Å². The lowest BCUT2D eigenvalue weighted by atomic mass is 10.3. The van der Waals surface area contributed by atoms with E-state index in [-0.39, 0.29) is 0 Å². The minimum atomic E-state index is -0.704.